The number of hydrogen-bond acceptors (Lipinski definition) is 2. The van der Waals surface area contributed by atoms with Crippen molar-refractivity contribution in [3.63, 3.8) is 0 Å². The minimum Gasteiger partial charge on any atom is -0.329 e. The summed E-state index contributed by atoms with van der Waals surface area (Å²) in [5.74, 6) is -0.530. The third kappa shape index (κ3) is 3.38. The average molecular weight is 406 g/mol. The maximum absolute atomic E-state index is 13.1. The van der Waals surface area contributed by atoms with E-state index in [9.17, 15) is 14.0 Å². The Bertz CT molecular complexity index is 975. The molecule has 138 valence electrons. The summed E-state index contributed by atoms with van der Waals surface area (Å²) in [7, 11) is 0. The van der Waals surface area contributed by atoms with Crippen molar-refractivity contribution >= 4 is 35.1 Å². The van der Waals surface area contributed by atoms with Gasteiger partial charge in [-0.1, -0.05) is 41.4 Å². The van der Waals surface area contributed by atoms with Crippen LogP contribution < -0.4 is 10.6 Å². The molecule has 2 aromatic rings. The highest BCUT2D eigenvalue weighted by molar-refractivity contribution is 6.42. The van der Waals surface area contributed by atoms with Crippen LogP contribution in [0, 0.1) is 5.82 Å². The van der Waals surface area contributed by atoms with Crippen LogP contribution in [0.1, 0.15) is 17.2 Å². The zero-order chi connectivity index (χ0) is 19.1. The summed E-state index contributed by atoms with van der Waals surface area (Å²) >= 11 is 12.1. The molecular formula is C19H14Cl2FN3O2. The predicted molar refractivity (Wildman–Crippen MR) is 99.7 cm³/mol. The van der Waals surface area contributed by atoms with Crippen LogP contribution in [0.2, 0.25) is 10.0 Å². The SMILES string of the molecule is O=C1NC2=C(C(=O)N(Cc3ccc(F)cc3)C2)C(c2ccc(Cl)c(Cl)c2)N1. The first kappa shape index (κ1) is 17.8. The maximum atomic E-state index is 13.1. The monoisotopic (exact) mass is 405 g/mol. The Morgan fingerprint density at radius 3 is 2.52 bits per heavy atom. The molecule has 0 saturated carbocycles. The van der Waals surface area contributed by atoms with Crippen molar-refractivity contribution in [2.45, 2.75) is 12.6 Å². The van der Waals surface area contributed by atoms with Gasteiger partial charge in [-0.2, -0.15) is 0 Å². The lowest BCUT2D eigenvalue weighted by Gasteiger charge is -2.25. The summed E-state index contributed by atoms with van der Waals surface area (Å²) in [6.45, 7) is 0.590. The fourth-order valence-electron chi connectivity index (χ4n) is 3.31. The molecule has 0 fully saturated rings. The number of amides is 3. The van der Waals surface area contributed by atoms with Gasteiger partial charge in [-0.25, -0.2) is 9.18 Å². The lowest BCUT2D eigenvalue weighted by atomic mass is 9.96. The van der Waals surface area contributed by atoms with Crippen LogP contribution in [0.4, 0.5) is 9.18 Å². The summed E-state index contributed by atoms with van der Waals surface area (Å²) in [6.07, 6.45) is 0. The molecule has 8 heteroatoms. The lowest BCUT2D eigenvalue weighted by molar-refractivity contribution is -0.126. The van der Waals surface area contributed by atoms with Crippen LogP contribution in [0.15, 0.2) is 53.7 Å². The van der Waals surface area contributed by atoms with Gasteiger partial charge in [0, 0.05) is 6.54 Å². The number of carbonyl (C=O) groups is 2. The van der Waals surface area contributed by atoms with Crippen molar-refractivity contribution < 1.29 is 14.0 Å². The molecule has 2 heterocycles. The van der Waals surface area contributed by atoms with Gasteiger partial charge in [0.25, 0.3) is 5.91 Å². The van der Waals surface area contributed by atoms with Gasteiger partial charge in [0.15, 0.2) is 0 Å². The minimum absolute atomic E-state index is 0.196. The molecule has 1 unspecified atom stereocenters. The predicted octanol–water partition coefficient (Wildman–Crippen LogP) is 3.78. The second-order valence-corrected chi connectivity index (χ2v) is 7.20. The number of hydrogen-bond donors (Lipinski definition) is 2. The molecule has 5 nitrogen and oxygen atoms in total. The van der Waals surface area contributed by atoms with Crippen LogP contribution >= 0.6 is 23.2 Å². The van der Waals surface area contributed by atoms with E-state index in [2.05, 4.69) is 10.6 Å². The molecule has 0 aliphatic carbocycles. The van der Waals surface area contributed by atoms with Gasteiger partial charge in [-0.05, 0) is 35.4 Å². The highest BCUT2D eigenvalue weighted by Gasteiger charge is 2.40. The largest absolute Gasteiger partial charge is 0.329 e. The molecule has 2 aromatic carbocycles. The fourth-order valence-corrected chi connectivity index (χ4v) is 3.61. The van der Waals surface area contributed by atoms with Gasteiger partial charge in [-0.3, -0.25) is 4.79 Å². The van der Waals surface area contributed by atoms with Gasteiger partial charge in [0.1, 0.15) is 5.82 Å². The number of rotatable bonds is 3. The normalized spacial score (nSPS) is 19.1. The highest BCUT2D eigenvalue weighted by atomic mass is 35.5. The summed E-state index contributed by atoms with van der Waals surface area (Å²) in [6, 6.07) is 9.96. The van der Waals surface area contributed by atoms with E-state index in [1.54, 1.807) is 35.2 Å². The third-order valence-corrected chi connectivity index (χ3v) is 5.32. The van der Waals surface area contributed by atoms with Crippen LogP contribution in [0.3, 0.4) is 0 Å². The van der Waals surface area contributed by atoms with Crippen LogP contribution in [0.5, 0.6) is 0 Å². The molecule has 1 atom stereocenters. The molecule has 0 aromatic heterocycles. The quantitative estimate of drug-likeness (QED) is 0.815. The van der Waals surface area contributed by atoms with Crippen LogP contribution in [-0.4, -0.2) is 23.4 Å². The first-order valence-electron chi connectivity index (χ1n) is 8.21. The summed E-state index contributed by atoms with van der Waals surface area (Å²) in [5, 5.41) is 6.21. The molecular weight excluding hydrogens is 392 g/mol. The number of halogens is 3. The fraction of sp³-hybridized carbons (Fsp3) is 0.158. The molecule has 0 radical (unpaired) electrons. The Kier molecular flexibility index (Phi) is 4.53. The van der Waals surface area contributed by atoms with Crippen molar-refractivity contribution in [3.8, 4) is 0 Å². The van der Waals surface area contributed by atoms with E-state index in [-0.39, 0.29) is 24.3 Å². The van der Waals surface area contributed by atoms with E-state index in [0.29, 0.717) is 33.4 Å². The number of nitrogens with one attached hydrogen (secondary N) is 2. The molecule has 0 spiro atoms. The summed E-state index contributed by atoms with van der Waals surface area (Å²) in [5.41, 5.74) is 2.50. The number of carbonyl (C=O) groups excluding carboxylic acids is 2. The van der Waals surface area contributed by atoms with E-state index >= 15 is 0 Å². The Balaban J connectivity index is 1.63. The maximum Gasteiger partial charge on any atom is 0.319 e. The molecule has 27 heavy (non-hydrogen) atoms. The molecule has 2 aliphatic rings. The van der Waals surface area contributed by atoms with E-state index in [4.69, 9.17) is 23.2 Å². The Morgan fingerprint density at radius 2 is 1.81 bits per heavy atom. The molecule has 2 N–H and O–H groups in total. The van der Waals surface area contributed by atoms with Crippen molar-refractivity contribution in [2.75, 3.05) is 6.54 Å². The third-order valence-electron chi connectivity index (χ3n) is 4.58. The van der Waals surface area contributed by atoms with E-state index in [1.807, 2.05) is 0 Å². The van der Waals surface area contributed by atoms with Crippen LogP contribution in [0.25, 0.3) is 0 Å². The Labute approximate surface area is 164 Å². The zero-order valence-electron chi connectivity index (χ0n) is 13.9. The van der Waals surface area contributed by atoms with Crippen molar-refractivity contribution in [1.82, 2.24) is 15.5 Å². The van der Waals surface area contributed by atoms with Gasteiger partial charge in [0.2, 0.25) is 0 Å². The van der Waals surface area contributed by atoms with Crippen molar-refractivity contribution in [1.29, 1.82) is 0 Å². The Morgan fingerprint density at radius 1 is 1.07 bits per heavy atom. The van der Waals surface area contributed by atoms with E-state index < -0.39 is 6.04 Å². The molecule has 2 aliphatic heterocycles. The first-order valence-corrected chi connectivity index (χ1v) is 8.97. The highest BCUT2D eigenvalue weighted by Crippen LogP contribution is 2.35. The topological polar surface area (TPSA) is 61.4 Å². The van der Waals surface area contributed by atoms with Gasteiger partial charge in [-0.15, -0.1) is 0 Å². The van der Waals surface area contributed by atoms with Gasteiger partial charge in [0.05, 0.1) is 33.9 Å². The first-order chi connectivity index (χ1) is 12.9. The summed E-state index contributed by atoms with van der Waals surface area (Å²) < 4.78 is 13.1. The second kappa shape index (κ2) is 6.87. The van der Waals surface area contributed by atoms with E-state index in [1.165, 1.54) is 12.1 Å². The zero-order valence-corrected chi connectivity index (χ0v) is 15.4. The molecule has 0 saturated heterocycles. The van der Waals surface area contributed by atoms with Gasteiger partial charge >= 0.3 is 6.03 Å². The standard InChI is InChI=1S/C19H14Cl2FN3O2/c20-13-6-3-11(7-14(13)21)17-16-15(23-19(27)24-17)9-25(18(16)26)8-10-1-4-12(22)5-2-10/h1-7,17H,8-9H2,(H2,23,24,27). The smallest absolute Gasteiger partial charge is 0.319 e. The van der Waals surface area contributed by atoms with Crippen molar-refractivity contribution in [2.24, 2.45) is 0 Å². The van der Waals surface area contributed by atoms with Gasteiger partial charge < -0.3 is 15.5 Å². The Hall–Kier alpha value is -2.57. The number of nitrogens with zero attached hydrogens (tertiary/aromatic N) is 1. The molecule has 4 rings (SSSR count). The number of benzene rings is 2. The summed E-state index contributed by atoms with van der Waals surface area (Å²) in [4.78, 5) is 26.7. The van der Waals surface area contributed by atoms with Crippen LogP contribution in [-0.2, 0) is 11.3 Å². The van der Waals surface area contributed by atoms with Crippen molar-refractivity contribution in [3.05, 3.63) is 80.7 Å². The van der Waals surface area contributed by atoms with E-state index in [0.717, 1.165) is 5.56 Å². The number of urea groups is 1. The average Bonchev–Trinajstić information content (AvgIpc) is 2.94. The second-order valence-electron chi connectivity index (χ2n) is 6.38. The molecule has 0 bridgehead atoms. The minimum atomic E-state index is -0.616. The molecule has 3 amide bonds. The lowest BCUT2D eigenvalue weighted by Crippen LogP contribution is -2.44.